The zero-order valence-corrected chi connectivity index (χ0v) is 23.4. The second-order valence-corrected chi connectivity index (χ2v) is 9.64. The summed E-state index contributed by atoms with van der Waals surface area (Å²) in [6.45, 7) is 12.4. The molecule has 8 heteroatoms. The van der Waals surface area contributed by atoms with Gasteiger partial charge >= 0.3 is 0 Å². The number of aryl methyl sites for hydroxylation is 2. The zero-order valence-electron chi connectivity index (χ0n) is 21.1. The second-order valence-electron chi connectivity index (χ2n) is 9.64. The summed E-state index contributed by atoms with van der Waals surface area (Å²) in [5.74, 6) is 2.00. The van der Waals surface area contributed by atoms with Crippen molar-refractivity contribution < 1.29 is 30.5 Å². The number of fused-ring (bicyclic) bond motifs is 1. The fraction of sp³-hybridized carbons (Fsp3) is 0.250. The maximum atomic E-state index is 6.30. The Hall–Kier alpha value is -3.31. The van der Waals surface area contributed by atoms with Gasteiger partial charge in [0.15, 0.2) is 0 Å². The number of imidazole rings is 1. The molecule has 0 fully saturated rings. The number of hydrogen-bond donors (Lipinski definition) is 0. The van der Waals surface area contributed by atoms with E-state index in [1.807, 2.05) is 90.6 Å². The summed E-state index contributed by atoms with van der Waals surface area (Å²) in [6.07, 6.45) is 5.70. The van der Waals surface area contributed by atoms with Crippen LogP contribution in [0.15, 0.2) is 55.0 Å². The number of rotatable bonds is 5. The van der Waals surface area contributed by atoms with Crippen LogP contribution in [0.3, 0.4) is 0 Å². The number of nitrogens with zero attached hydrogens (tertiary/aromatic N) is 5. The van der Waals surface area contributed by atoms with Crippen LogP contribution in [0.25, 0.3) is 5.65 Å². The Bertz CT molecular complexity index is 1420. The third-order valence-electron chi connectivity index (χ3n) is 5.89. The van der Waals surface area contributed by atoms with Gasteiger partial charge in [0.05, 0.1) is 11.3 Å². The first-order valence-corrected chi connectivity index (χ1v) is 11.5. The summed E-state index contributed by atoms with van der Waals surface area (Å²) in [4.78, 5) is 13.0. The summed E-state index contributed by atoms with van der Waals surface area (Å²) in [7, 11) is 1.98. The Balaban J connectivity index is 0.00000304. The Morgan fingerprint density at radius 3 is 2.50 bits per heavy atom. The van der Waals surface area contributed by atoms with E-state index in [9.17, 15) is 0 Å². The predicted octanol–water partition coefficient (Wildman–Crippen LogP) is 6.17. The minimum absolute atomic E-state index is 0. The van der Waals surface area contributed by atoms with Gasteiger partial charge in [-0.25, -0.2) is 4.98 Å². The van der Waals surface area contributed by atoms with Crippen molar-refractivity contribution in [3.8, 4) is 23.3 Å². The zero-order chi connectivity index (χ0) is 24.7. The van der Waals surface area contributed by atoms with Gasteiger partial charge in [-0.05, 0) is 56.1 Å². The predicted molar refractivity (Wildman–Crippen MR) is 136 cm³/mol. The molecule has 36 heavy (non-hydrogen) atoms. The van der Waals surface area contributed by atoms with Crippen LogP contribution in [-0.4, -0.2) is 26.3 Å². The number of benzene rings is 1. The maximum absolute atomic E-state index is 6.30. The molecule has 0 unspecified atom stereocenters. The van der Waals surface area contributed by atoms with Gasteiger partial charge in [0, 0.05) is 44.8 Å². The Morgan fingerprint density at radius 1 is 0.972 bits per heavy atom. The molecule has 1 aliphatic rings. The van der Waals surface area contributed by atoms with Crippen molar-refractivity contribution in [1.82, 2.24) is 19.3 Å². The monoisotopic (exact) mass is 661 g/mol. The van der Waals surface area contributed by atoms with Crippen LogP contribution < -0.4 is 14.4 Å². The van der Waals surface area contributed by atoms with Gasteiger partial charge in [0.2, 0.25) is 5.88 Å². The number of aromatic nitrogens is 3. The van der Waals surface area contributed by atoms with Crippen LogP contribution in [0.2, 0.25) is 0 Å². The first kappa shape index (κ1) is 25.8. The molecule has 4 heterocycles. The van der Waals surface area contributed by atoms with E-state index >= 15 is 0 Å². The molecule has 4 aromatic rings. The van der Waals surface area contributed by atoms with E-state index < -0.39 is 0 Å². The minimum atomic E-state index is -0.0160. The summed E-state index contributed by atoms with van der Waals surface area (Å²) in [5, 5.41) is 0. The molecule has 0 spiro atoms. The van der Waals surface area contributed by atoms with Gasteiger partial charge in [0.25, 0.3) is 0 Å². The van der Waals surface area contributed by atoms with E-state index in [2.05, 4.69) is 42.9 Å². The summed E-state index contributed by atoms with van der Waals surface area (Å²) in [6, 6.07) is 18.2. The third-order valence-corrected chi connectivity index (χ3v) is 5.89. The fourth-order valence-electron chi connectivity index (χ4n) is 3.82. The number of ether oxygens (including phenoxy) is 2. The first-order valence-electron chi connectivity index (χ1n) is 11.5. The molecule has 3 aromatic heterocycles. The van der Waals surface area contributed by atoms with Crippen LogP contribution in [0, 0.1) is 32.6 Å². The molecule has 0 N–H and O–H groups in total. The van der Waals surface area contributed by atoms with Crippen molar-refractivity contribution in [2.24, 2.45) is 0 Å². The van der Waals surface area contributed by atoms with Crippen molar-refractivity contribution in [1.29, 1.82) is 0 Å². The van der Waals surface area contributed by atoms with Gasteiger partial charge < -0.3 is 19.3 Å². The van der Waals surface area contributed by atoms with E-state index in [1.54, 1.807) is 6.20 Å². The summed E-state index contributed by atoms with van der Waals surface area (Å²) < 4.78 is 14.4. The van der Waals surface area contributed by atoms with Gasteiger partial charge in [-0.2, -0.15) is 12.7 Å². The van der Waals surface area contributed by atoms with Crippen LogP contribution in [0.1, 0.15) is 37.7 Å². The Kier molecular flexibility index (Phi) is 7.14. The van der Waals surface area contributed by atoms with Gasteiger partial charge in [-0.1, -0.05) is 20.8 Å². The molecule has 0 amide bonds. The quantitative estimate of drug-likeness (QED) is 0.239. The van der Waals surface area contributed by atoms with E-state index in [1.165, 1.54) is 0 Å². The molecule has 5 rings (SSSR count). The molecule has 0 radical (unpaired) electrons. The number of pyridine rings is 2. The SMILES string of the molecule is Cc1nc2cc(Oc3cc(C(C)(C)C)ccn3)[c-]c(Oc3[c-]c(N4C=CN(C)[CH-]4)ccc3)n2c1C.[Pt]. The molecular weight excluding hydrogens is 633 g/mol. The van der Waals surface area contributed by atoms with Crippen LogP contribution in [0.5, 0.6) is 23.3 Å². The van der Waals surface area contributed by atoms with E-state index in [0.717, 1.165) is 22.6 Å². The molecule has 190 valence electrons. The average Bonchev–Trinajstić information content (AvgIpc) is 3.36. The average molecular weight is 662 g/mol. The largest absolute Gasteiger partial charge is 0.510 e. The summed E-state index contributed by atoms with van der Waals surface area (Å²) >= 11 is 0. The van der Waals surface area contributed by atoms with Crippen molar-refractivity contribution in [2.45, 2.75) is 40.0 Å². The van der Waals surface area contributed by atoms with Crippen LogP contribution in [-0.2, 0) is 26.5 Å². The molecule has 0 saturated heterocycles. The molecule has 0 atom stereocenters. The Labute approximate surface area is 226 Å². The van der Waals surface area contributed by atoms with Crippen molar-refractivity contribution in [2.75, 3.05) is 11.9 Å². The normalized spacial score (nSPS) is 13.3. The van der Waals surface area contributed by atoms with Gasteiger partial charge in [-0.15, -0.1) is 36.0 Å². The smallest absolute Gasteiger partial charge is 0.215 e. The Morgan fingerprint density at radius 2 is 1.78 bits per heavy atom. The first-order chi connectivity index (χ1) is 16.7. The molecule has 0 bridgehead atoms. The van der Waals surface area contributed by atoms with Crippen LogP contribution in [0.4, 0.5) is 5.69 Å². The van der Waals surface area contributed by atoms with E-state index in [4.69, 9.17) is 9.47 Å². The van der Waals surface area contributed by atoms with Crippen molar-refractivity contribution >= 4 is 11.3 Å². The molecule has 0 saturated carbocycles. The number of hydrogen-bond acceptors (Lipinski definition) is 6. The third kappa shape index (κ3) is 5.26. The maximum Gasteiger partial charge on any atom is 0.215 e. The van der Waals surface area contributed by atoms with Crippen LogP contribution >= 0.6 is 0 Å². The number of anilines is 1. The van der Waals surface area contributed by atoms with Crippen molar-refractivity contribution in [3.05, 3.63) is 90.7 Å². The van der Waals surface area contributed by atoms with Crippen molar-refractivity contribution in [3.63, 3.8) is 0 Å². The molecule has 0 aliphatic carbocycles. The van der Waals surface area contributed by atoms with E-state index in [-0.39, 0.29) is 26.5 Å². The minimum Gasteiger partial charge on any atom is -0.510 e. The summed E-state index contributed by atoms with van der Waals surface area (Å²) in [5.41, 5.74) is 4.58. The van der Waals surface area contributed by atoms with Gasteiger partial charge in [0.1, 0.15) is 5.88 Å². The second kappa shape index (κ2) is 9.98. The molecular formula is C28H28N5O2Pt-3. The van der Waals surface area contributed by atoms with E-state index in [0.29, 0.717) is 28.9 Å². The molecule has 1 aromatic carbocycles. The molecule has 1 aliphatic heterocycles. The van der Waals surface area contributed by atoms with Gasteiger partial charge in [-0.3, -0.25) is 9.38 Å². The molecule has 7 nitrogen and oxygen atoms in total. The topological polar surface area (TPSA) is 55.1 Å². The standard InChI is InChI=1S/C28H28N5O2.Pt/c1-19-20(2)33-25(30-19)16-24(34-26-14-21(10-11-29-26)28(3,4)5)17-27(33)35-23-9-7-8-22(15-23)32-13-12-31(6)18-32;/h7-14,16,18H,1-6H3;/q-3;. The fourth-order valence-corrected chi connectivity index (χ4v) is 3.82.